The van der Waals surface area contributed by atoms with E-state index in [-0.39, 0.29) is 38.6 Å². The fraction of sp³-hybridized carbons (Fsp3) is 0.722. The van der Waals surface area contributed by atoms with E-state index in [0.29, 0.717) is 17.4 Å². The molecule has 0 aliphatic carbocycles. The molecule has 0 aliphatic rings. The molecule has 0 aliphatic heterocycles. The molecule has 0 saturated heterocycles. The van der Waals surface area contributed by atoms with Gasteiger partial charge in [0.05, 0.1) is 34.4 Å². The molecular formula is C90H156NO8+. The number of unbranched alkanes of at least 4 members (excludes halogenated alkanes) is 39. The number of hydrogen-bond acceptors (Lipinski definition) is 7. The Labute approximate surface area is 611 Å². The zero-order valence-electron chi connectivity index (χ0n) is 65.1. The summed E-state index contributed by atoms with van der Waals surface area (Å²) >= 11 is 0. The minimum absolute atomic E-state index is 0.174. The van der Waals surface area contributed by atoms with E-state index in [4.69, 9.17) is 18.9 Å². The van der Waals surface area contributed by atoms with Gasteiger partial charge in [-0.3, -0.25) is 9.59 Å². The van der Waals surface area contributed by atoms with Crippen LogP contribution >= 0.6 is 0 Å². The third kappa shape index (κ3) is 80.6. The summed E-state index contributed by atoms with van der Waals surface area (Å²) in [6, 6.07) is 0. The second kappa shape index (κ2) is 79.1. The maximum absolute atomic E-state index is 13.0. The van der Waals surface area contributed by atoms with Crippen molar-refractivity contribution >= 4 is 17.9 Å². The topological polar surface area (TPSA) is 108 Å². The first-order chi connectivity index (χ1) is 48.6. The summed E-state index contributed by atoms with van der Waals surface area (Å²) in [5.74, 6) is -2.06. The number of carbonyl (C=O) groups excluding carboxylic acids is 2. The molecule has 99 heavy (non-hydrogen) atoms. The monoisotopic (exact) mass is 1380 g/mol. The van der Waals surface area contributed by atoms with Crippen molar-refractivity contribution in [2.75, 3.05) is 47.5 Å². The van der Waals surface area contributed by atoms with Crippen LogP contribution in [0.25, 0.3) is 0 Å². The van der Waals surface area contributed by atoms with Gasteiger partial charge < -0.3 is 28.5 Å². The second-order valence-electron chi connectivity index (χ2n) is 28.7. The molecule has 0 rings (SSSR count). The van der Waals surface area contributed by atoms with Crippen LogP contribution in [0.4, 0.5) is 0 Å². The van der Waals surface area contributed by atoms with Crippen LogP contribution in [0.5, 0.6) is 0 Å². The van der Waals surface area contributed by atoms with Crippen LogP contribution < -0.4 is 0 Å². The van der Waals surface area contributed by atoms with Crippen LogP contribution in [0, 0.1) is 0 Å². The minimum Gasteiger partial charge on any atom is -0.477 e. The lowest BCUT2D eigenvalue weighted by Crippen LogP contribution is -2.40. The average molecular weight is 1380 g/mol. The molecule has 0 spiro atoms. The molecule has 0 saturated carbocycles. The number of esters is 2. The van der Waals surface area contributed by atoms with Gasteiger partial charge in [0.2, 0.25) is 0 Å². The standard InChI is InChI=1S/C90H155NO8/c1-6-8-10-12-14-16-18-20-22-24-26-28-30-32-34-36-38-40-41-42-43-44-45-46-47-49-50-52-54-56-58-60-62-64-66-68-70-72-74-76-78-80-87(92)97-84-86(85-98-90(89(94)95)96-83-82-91(3,4)5)99-88(93)81-79-77-75-73-71-69-67-65-63-61-59-57-55-53-51-48-39-37-35-33-31-29-27-25-23-21-19-17-15-13-11-9-7-2/h9,11,15,17,21,23-24,26-27,29,33,35,39,48,53,55,59,61,65,67,71,73,86,90H,6-8,10,12-14,16,18-20,22,25,28,30-32,34,36-38,40-47,49-52,54,56-58,60,62-64,66,68-70,72,74-85H2,1-5H3/p+1/b11-9-,17-15-,23-21-,26-24-,29-27-,35-33-,48-39-,55-53-,61-59-,67-65-,73-71-. The van der Waals surface area contributed by atoms with Crippen LogP contribution in [-0.4, -0.2) is 87.4 Å². The first-order valence-corrected chi connectivity index (χ1v) is 41.3. The van der Waals surface area contributed by atoms with Crippen LogP contribution in [0.3, 0.4) is 0 Å². The average Bonchev–Trinajstić information content (AvgIpc) is 1.57. The molecule has 2 atom stereocenters. The summed E-state index contributed by atoms with van der Waals surface area (Å²) in [7, 11) is 5.96. The Kier molecular flexibility index (Phi) is 75.5. The summed E-state index contributed by atoms with van der Waals surface area (Å²) in [6.07, 6.45) is 112. The Morgan fingerprint density at radius 1 is 0.313 bits per heavy atom. The molecule has 568 valence electrons. The highest BCUT2D eigenvalue weighted by Gasteiger charge is 2.25. The molecule has 0 heterocycles. The predicted octanol–water partition coefficient (Wildman–Crippen LogP) is 26.8. The molecule has 9 nitrogen and oxygen atoms in total. The zero-order valence-corrected chi connectivity index (χ0v) is 65.1. The minimum atomic E-state index is -1.53. The highest BCUT2D eigenvalue weighted by Crippen LogP contribution is 2.19. The molecule has 0 aromatic heterocycles. The fourth-order valence-electron chi connectivity index (χ4n) is 11.6. The van der Waals surface area contributed by atoms with Gasteiger partial charge in [0.1, 0.15) is 13.2 Å². The molecule has 2 unspecified atom stereocenters. The van der Waals surface area contributed by atoms with Crippen molar-refractivity contribution in [2.45, 2.75) is 373 Å². The molecule has 0 radical (unpaired) electrons. The SMILES string of the molecule is CC/C=C\C/C=C\C/C=C\C/C=C\C/C=C\C/C=C\C/C=C\C/C=C\C/C=C\C/C=C\CCCCC(=O)OC(COC(=O)CCCCCCCCCCCCCCCCCCCCCCCCCCCCCCC/C=C\CCCCCCCCCC)COC(OCC[N+](C)(C)C)C(=O)O. The molecule has 0 aromatic rings. The summed E-state index contributed by atoms with van der Waals surface area (Å²) < 4.78 is 23.0. The van der Waals surface area contributed by atoms with Crippen LogP contribution in [0.2, 0.25) is 0 Å². The number of quaternary nitrogens is 1. The quantitative estimate of drug-likeness (QED) is 0.0211. The Bertz CT molecular complexity index is 2100. The van der Waals surface area contributed by atoms with Gasteiger partial charge in [-0.05, 0) is 116 Å². The fourth-order valence-corrected chi connectivity index (χ4v) is 11.6. The lowest BCUT2D eigenvalue weighted by atomic mass is 10.0. The Balaban J connectivity index is 4.06. The third-order valence-corrected chi connectivity index (χ3v) is 17.9. The Morgan fingerprint density at radius 3 is 0.889 bits per heavy atom. The lowest BCUT2D eigenvalue weighted by molar-refractivity contribution is -0.870. The number of hydrogen-bond donors (Lipinski definition) is 1. The second-order valence-corrected chi connectivity index (χ2v) is 28.7. The van der Waals surface area contributed by atoms with Crippen LogP contribution in [-0.2, 0) is 33.3 Å². The van der Waals surface area contributed by atoms with Crippen molar-refractivity contribution in [3.05, 3.63) is 134 Å². The maximum atomic E-state index is 13.0. The van der Waals surface area contributed by atoms with E-state index in [1.165, 1.54) is 231 Å². The van der Waals surface area contributed by atoms with Crippen molar-refractivity contribution in [1.82, 2.24) is 0 Å². The Morgan fingerprint density at radius 2 is 0.576 bits per heavy atom. The number of carbonyl (C=O) groups is 3. The highest BCUT2D eigenvalue weighted by molar-refractivity contribution is 5.71. The number of nitrogens with zero attached hydrogens (tertiary/aromatic N) is 1. The zero-order chi connectivity index (χ0) is 71.8. The van der Waals surface area contributed by atoms with Gasteiger partial charge in [0.25, 0.3) is 6.29 Å². The van der Waals surface area contributed by atoms with Crippen molar-refractivity contribution in [1.29, 1.82) is 0 Å². The van der Waals surface area contributed by atoms with E-state index in [1.54, 1.807) is 0 Å². The van der Waals surface area contributed by atoms with E-state index in [2.05, 4.69) is 148 Å². The number of rotatable bonds is 76. The third-order valence-electron chi connectivity index (χ3n) is 17.9. The number of aliphatic carboxylic acids is 1. The van der Waals surface area contributed by atoms with Crippen molar-refractivity contribution in [3.63, 3.8) is 0 Å². The van der Waals surface area contributed by atoms with Gasteiger partial charge in [-0.15, -0.1) is 0 Å². The molecule has 9 heteroatoms. The van der Waals surface area contributed by atoms with E-state index < -0.39 is 24.3 Å². The first-order valence-electron chi connectivity index (χ1n) is 41.3. The summed E-state index contributed by atoms with van der Waals surface area (Å²) in [4.78, 5) is 37.7. The normalized spacial score (nSPS) is 13.3. The van der Waals surface area contributed by atoms with Crippen molar-refractivity contribution in [2.24, 2.45) is 0 Å². The van der Waals surface area contributed by atoms with E-state index >= 15 is 0 Å². The number of ether oxygens (including phenoxy) is 4. The van der Waals surface area contributed by atoms with Gasteiger partial charge >= 0.3 is 17.9 Å². The van der Waals surface area contributed by atoms with Gasteiger partial charge in [0, 0.05) is 12.8 Å². The van der Waals surface area contributed by atoms with Crippen LogP contribution in [0.1, 0.15) is 361 Å². The number of likely N-dealkylation sites (N-methyl/N-ethyl adjacent to an activating group) is 1. The Hall–Kier alpha value is -4.57. The van der Waals surface area contributed by atoms with Gasteiger partial charge in [-0.2, -0.15) is 0 Å². The molecule has 0 amide bonds. The smallest absolute Gasteiger partial charge is 0.361 e. The summed E-state index contributed by atoms with van der Waals surface area (Å²) in [5.41, 5.74) is 0. The predicted molar refractivity (Wildman–Crippen MR) is 428 cm³/mol. The molecule has 0 fully saturated rings. The molecular weight excluding hydrogens is 1220 g/mol. The van der Waals surface area contributed by atoms with E-state index in [0.717, 1.165) is 96.3 Å². The van der Waals surface area contributed by atoms with Gasteiger partial charge in [-0.25, -0.2) is 4.79 Å². The summed E-state index contributed by atoms with van der Waals surface area (Å²) in [5, 5.41) is 9.77. The van der Waals surface area contributed by atoms with E-state index in [1.807, 2.05) is 21.1 Å². The van der Waals surface area contributed by atoms with Crippen molar-refractivity contribution < 1.29 is 42.9 Å². The molecule has 1 N–H and O–H groups in total. The largest absolute Gasteiger partial charge is 0.477 e. The van der Waals surface area contributed by atoms with Gasteiger partial charge in [0.15, 0.2) is 6.10 Å². The lowest BCUT2D eigenvalue weighted by Gasteiger charge is -2.25. The molecule has 0 bridgehead atoms. The first kappa shape index (κ1) is 94.4. The maximum Gasteiger partial charge on any atom is 0.361 e. The summed E-state index contributed by atoms with van der Waals surface area (Å²) in [6.45, 7) is 4.74. The van der Waals surface area contributed by atoms with Gasteiger partial charge in [-0.1, -0.05) is 366 Å². The van der Waals surface area contributed by atoms with Crippen molar-refractivity contribution in [3.8, 4) is 0 Å². The number of carboxylic acid groups (broad SMARTS) is 1. The van der Waals surface area contributed by atoms with E-state index in [9.17, 15) is 19.5 Å². The molecule has 0 aromatic carbocycles. The number of allylic oxidation sites excluding steroid dienone is 22. The highest BCUT2D eigenvalue weighted by atomic mass is 16.7. The number of carboxylic acids is 1. The van der Waals surface area contributed by atoms with Crippen LogP contribution in [0.15, 0.2) is 134 Å².